The lowest BCUT2D eigenvalue weighted by Crippen LogP contribution is -2.41. The molecule has 9 heteroatoms. The molecule has 2 aromatic heterocycles. The fourth-order valence-corrected chi connectivity index (χ4v) is 3.77. The average Bonchev–Trinajstić information content (AvgIpc) is 3.11. The molecule has 0 saturated heterocycles. The van der Waals surface area contributed by atoms with Crippen molar-refractivity contribution in [1.82, 2.24) is 24.4 Å². The Morgan fingerprint density at radius 3 is 2.68 bits per heavy atom. The lowest BCUT2D eigenvalue weighted by molar-refractivity contribution is -0.120. The molecule has 0 atom stereocenters. The normalized spacial score (nSPS) is 11.2. The highest BCUT2D eigenvalue weighted by Crippen LogP contribution is 2.11. The number of carbonyl (C=O) groups excluding carboxylic acids is 1. The number of unbranched alkanes of at least 4 members (excludes halogenated alkanes) is 2. The number of nitrogens with zero attached hydrogens (tertiary/aromatic N) is 3. The van der Waals surface area contributed by atoms with Crippen LogP contribution in [0.3, 0.4) is 0 Å². The van der Waals surface area contributed by atoms with Crippen molar-refractivity contribution in [3.05, 3.63) is 61.5 Å². The molecule has 0 aliphatic heterocycles. The highest BCUT2D eigenvalue weighted by Gasteiger charge is 2.16. The molecular weight excluding hydrogens is 418 g/mol. The first kappa shape index (κ1) is 22.8. The Labute approximate surface area is 185 Å². The summed E-state index contributed by atoms with van der Waals surface area (Å²) < 4.78 is 2.70. The summed E-state index contributed by atoms with van der Waals surface area (Å²) in [5.41, 5.74) is 1.72. The van der Waals surface area contributed by atoms with Gasteiger partial charge in [-0.2, -0.15) is 4.98 Å². The van der Waals surface area contributed by atoms with Gasteiger partial charge in [0.25, 0.3) is 5.56 Å². The zero-order chi connectivity index (χ0) is 22.4. The lowest BCUT2D eigenvalue weighted by atomic mass is 10.1. The van der Waals surface area contributed by atoms with E-state index >= 15 is 0 Å². The molecule has 0 bridgehead atoms. The fraction of sp³-hybridized carbons (Fsp3) is 0.455. The Kier molecular flexibility index (Phi) is 7.68. The van der Waals surface area contributed by atoms with E-state index in [0.29, 0.717) is 31.6 Å². The summed E-state index contributed by atoms with van der Waals surface area (Å²) in [6.07, 6.45) is 3.55. The Morgan fingerprint density at radius 1 is 1.16 bits per heavy atom. The number of benzene rings is 1. The minimum Gasteiger partial charge on any atom is -0.356 e. The number of rotatable bonds is 10. The third-order valence-electron chi connectivity index (χ3n) is 5.15. The van der Waals surface area contributed by atoms with Crippen molar-refractivity contribution in [2.45, 2.75) is 59.0 Å². The second kappa shape index (κ2) is 10.4. The molecule has 0 saturated carbocycles. The molecule has 0 aliphatic rings. The molecule has 0 radical (unpaired) electrons. The van der Waals surface area contributed by atoms with Gasteiger partial charge < -0.3 is 10.3 Å². The summed E-state index contributed by atoms with van der Waals surface area (Å²) in [6.45, 7) is 5.10. The van der Waals surface area contributed by atoms with Crippen LogP contribution in [0.4, 0.5) is 0 Å². The van der Waals surface area contributed by atoms with Crippen molar-refractivity contribution in [1.29, 1.82) is 0 Å². The monoisotopic (exact) mass is 445 g/mol. The summed E-state index contributed by atoms with van der Waals surface area (Å²) in [4.78, 5) is 44.8. The number of fused-ring (bicyclic) bond motifs is 1. The molecule has 0 unspecified atom stereocenters. The molecule has 0 fully saturated rings. The van der Waals surface area contributed by atoms with Gasteiger partial charge in [-0.3, -0.25) is 18.7 Å². The number of hydrogen-bond donors (Lipinski definition) is 2. The molecule has 8 nitrogen and oxygen atoms in total. The maximum Gasteiger partial charge on any atom is 0.332 e. The Balaban J connectivity index is 1.67. The van der Waals surface area contributed by atoms with Gasteiger partial charge in [-0.15, -0.1) is 0 Å². The smallest absolute Gasteiger partial charge is 0.332 e. The second-order valence-electron chi connectivity index (χ2n) is 7.69. The van der Waals surface area contributed by atoms with Crippen LogP contribution in [0.2, 0.25) is 5.28 Å². The third-order valence-corrected chi connectivity index (χ3v) is 5.32. The van der Waals surface area contributed by atoms with E-state index in [4.69, 9.17) is 11.6 Å². The van der Waals surface area contributed by atoms with Crippen LogP contribution in [0.5, 0.6) is 0 Å². The molecule has 3 aromatic rings. The predicted molar refractivity (Wildman–Crippen MR) is 122 cm³/mol. The van der Waals surface area contributed by atoms with E-state index in [-0.39, 0.29) is 23.3 Å². The van der Waals surface area contributed by atoms with E-state index in [0.717, 1.165) is 30.4 Å². The first-order valence-electron chi connectivity index (χ1n) is 10.6. The molecule has 2 N–H and O–H groups in total. The second-order valence-corrected chi connectivity index (χ2v) is 8.05. The summed E-state index contributed by atoms with van der Waals surface area (Å²) >= 11 is 5.95. The van der Waals surface area contributed by atoms with Crippen LogP contribution in [0.1, 0.15) is 43.7 Å². The molecular formula is C22H28ClN5O3. The maximum absolute atomic E-state index is 12.9. The summed E-state index contributed by atoms with van der Waals surface area (Å²) in [5.74, 6) is -0.0919. The van der Waals surface area contributed by atoms with Crippen LogP contribution < -0.4 is 16.6 Å². The van der Waals surface area contributed by atoms with Gasteiger partial charge in [0.05, 0.1) is 6.42 Å². The van der Waals surface area contributed by atoms with Crippen LogP contribution in [0.25, 0.3) is 11.2 Å². The van der Waals surface area contributed by atoms with Crippen molar-refractivity contribution in [3.8, 4) is 0 Å². The van der Waals surface area contributed by atoms with E-state index in [1.807, 2.05) is 31.2 Å². The fourth-order valence-electron chi connectivity index (χ4n) is 3.59. The quantitative estimate of drug-likeness (QED) is 0.370. The number of aromatic amines is 1. The molecule has 2 heterocycles. The number of halogens is 1. The van der Waals surface area contributed by atoms with E-state index < -0.39 is 11.2 Å². The lowest BCUT2D eigenvalue weighted by Gasteiger charge is -2.11. The highest BCUT2D eigenvalue weighted by atomic mass is 35.5. The van der Waals surface area contributed by atoms with Crippen LogP contribution in [0, 0.1) is 6.92 Å². The number of imidazole rings is 1. The minimum atomic E-state index is -0.447. The van der Waals surface area contributed by atoms with Crippen LogP contribution in [-0.2, 0) is 24.3 Å². The van der Waals surface area contributed by atoms with Crippen molar-refractivity contribution >= 4 is 28.7 Å². The van der Waals surface area contributed by atoms with E-state index in [1.165, 1.54) is 9.13 Å². The van der Waals surface area contributed by atoms with Gasteiger partial charge in [0.15, 0.2) is 11.2 Å². The average molecular weight is 446 g/mol. The van der Waals surface area contributed by atoms with Crippen LogP contribution >= 0.6 is 11.6 Å². The van der Waals surface area contributed by atoms with Gasteiger partial charge in [0.2, 0.25) is 11.2 Å². The molecule has 0 aliphatic carbocycles. The summed E-state index contributed by atoms with van der Waals surface area (Å²) in [5, 5.41) is 2.93. The third kappa shape index (κ3) is 5.64. The number of H-pyrrole nitrogens is 1. The van der Waals surface area contributed by atoms with Crippen LogP contribution in [0.15, 0.2) is 33.9 Å². The molecule has 1 aromatic carbocycles. The van der Waals surface area contributed by atoms with Gasteiger partial charge >= 0.3 is 5.69 Å². The van der Waals surface area contributed by atoms with Gasteiger partial charge in [-0.05, 0) is 36.9 Å². The number of hydrogen-bond acceptors (Lipinski definition) is 4. The molecule has 0 spiro atoms. The van der Waals surface area contributed by atoms with Gasteiger partial charge in [-0.1, -0.05) is 49.6 Å². The predicted octanol–water partition coefficient (Wildman–Crippen LogP) is 2.79. The highest BCUT2D eigenvalue weighted by molar-refractivity contribution is 6.28. The number of aromatic nitrogens is 4. The van der Waals surface area contributed by atoms with E-state index in [2.05, 4.69) is 22.2 Å². The van der Waals surface area contributed by atoms with Gasteiger partial charge in [0, 0.05) is 19.6 Å². The molecule has 166 valence electrons. The van der Waals surface area contributed by atoms with Crippen molar-refractivity contribution < 1.29 is 4.79 Å². The number of aryl methyl sites for hydroxylation is 2. The number of carbonyl (C=O) groups is 1. The standard InChI is InChI=1S/C22H28ClN5O3/c1-3-4-5-11-27-19-18(25-21(23)26-19)20(30)28(22(27)31)12-7-10-24-17(29)14-16-9-6-8-15(2)13-16/h6,8-9,13H,3-5,7,10-12,14H2,1-2H3,(H,24,29)(H,25,26). The molecule has 3 rings (SSSR count). The number of nitrogens with one attached hydrogen (secondary N) is 2. The van der Waals surface area contributed by atoms with Gasteiger partial charge in [-0.25, -0.2) is 4.79 Å². The Morgan fingerprint density at radius 2 is 1.94 bits per heavy atom. The topological polar surface area (TPSA) is 102 Å². The minimum absolute atomic E-state index is 0.0805. The SMILES string of the molecule is CCCCCn1c(=O)n(CCCNC(=O)Cc2cccc(C)c2)c(=O)c2[nH]c(Cl)nc21. The summed E-state index contributed by atoms with van der Waals surface area (Å²) in [6, 6.07) is 7.80. The molecule has 1 amide bonds. The van der Waals surface area contributed by atoms with Gasteiger partial charge in [0.1, 0.15) is 0 Å². The largest absolute Gasteiger partial charge is 0.356 e. The van der Waals surface area contributed by atoms with Crippen molar-refractivity contribution in [2.24, 2.45) is 0 Å². The first-order valence-corrected chi connectivity index (χ1v) is 11.0. The van der Waals surface area contributed by atoms with E-state index in [1.54, 1.807) is 0 Å². The van der Waals surface area contributed by atoms with E-state index in [9.17, 15) is 14.4 Å². The Hall–Kier alpha value is -2.87. The number of amides is 1. The van der Waals surface area contributed by atoms with Crippen molar-refractivity contribution in [3.63, 3.8) is 0 Å². The Bertz CT molecular complexity index is 1180. The zero-order valence-corrected chi connectivity index (χ0v) is 18.7. The first-order chi connectivity index (χ1) is 14.9. The zero-order valence-electron chi connectivity index (χ0n) is 17.9. The maximum atomic E-state index is 12.9. The molecule has 31 heavy (non-hydrogen) atoms. The van der Waals surface area contributed by atoms with Crippen LogP contribution in [-0.4, -0.2) is 31.6 Å². The van der Waals surface area contributed by atoms with Crippen molar-refractivity contribution in [2.75, 3.05) is 6.54 Å². The summed E-state index contributed by atoms with van der Waals surface area (Å²) in [7, 11) is 0.